The van der Waals surface area contributed by atoms with Gasteiger partial charge in [-0.1, -0.05) is 0 Å². The Morgan fingerprint density at radius 3 is 3.11 bits per heavy atom. The summed E-state index contributed by atoms with van der Waals surface area (Å²) in [5.41, 5.74) is 7.45. The van der Waals surface area contributed by atoms with Crippen LogP contribution in [0.3, 0.4) is 0 Å². The van der Waals surface area contributed by atoms with Crippen LogP contribution in [-0.4, -0.2) is 22.6 Å². The molecule has 0 aromatic carbocycles. The van der Waals surface area contributed by atoms with Gasteiger partial charge >= 0.3 is 0 Å². The minimum absolute atomic E-state index is 0.209. The smallest absolute Gasteiger partial charge is 0.149 e. The molecule has 0 amide bonds. The molecule has 2 N–H and O–H groups in total. The summed E-state index contributed by atoms with van der Waals surface area (Å²) in [5, 5.41) is 0. The summed E-state index contributed by atoms with van der Waals surface area (Å²) in [6.45, 7) is 0.687. The van der Waals surface area contributed by atoms with E-state index < -0.39 is 0 Å². The third-order valence-corrected chi connectivity index (χ3v) is 4.11. The van der Waals surface area contributed by atoms with Crippen molar-refractivity contribution in [3.63, 3.8) is 0 Å². The molecule has 1 fully saturated rings. The topological polar surface area (TPSA) is 61.0 Å². The Balaban J connectivity index is 1.92. The summed E-state index contributed by atoms with van der Waals surface area (Å²) >= 11 is 3.41. The van der Waals surface area contributed by atoms with Gasteiger partial charge in [-0.25, -0.2) is 4.98 Å². The summed E-state index contributed by atoms with van der Waals surface area (Å²) in [6, 6.07) is 3.83. The SMILES string of the molecule is NCC1CCCC1Oc1ccnc2cc(Br)cnc12. The molecule has 2 heterocycles. The van der Waals surface area contributed by atoms with Gasteiger partial charge in [0.25, 0.3) is 0 Å². The van der Waals surface area contributed by atoms with Gasteiger partial charge in [-0.2, -0.15) is 0 Å². The summed E-state index contributed by atoms with van der Waals surface area (Å²) in [5.74, 6) is 1.27. The first-order valence-corrected chi connectivity index (χ1v) is 7.34. The van der Waals surface area contributed by atoms with Crippen LogP contribution in [-0.2, 0) is 0 Å². The van der Waals surface area contributed by atoms with E-state index >= 15 is 0 Å². The molecule has 0 saturated heterocycles. The highest BCUT2D eigenvalue weighted by Gasteiger charge is 2.28. The van der Waals surface area contributed by atoms with E-state index in [1.807, 2.05) is 12.1 Å². The zero-order valence-electron chi connectivity index (χ0n) is 10.6. The zero-order valence-corrected chi connectivity index (χ0v) is 12.1. The van der Waals surface area contributed by atoms with Crippen molar-refractivity contribution < 1.29 is 4.74 Å². The minimum Gasteiger partial charge on any atom is -0.488 e. The highest BCUT2D eigenvalue weighted by atomic mass is 79.9. The number of ether oxygens (including phenoxy) is 1. The summed E-state index contributed by atoms with van der Waals surface area (Å²) in [6.07, 6.45) is 7.16. The van der Waals surface area contributed by atoms with Crippen LogP contribution in [0.2, 0.25) is 0 Å². The lowest BCUT2D eigenvalue weighted by atomic mass is 10.1. The first-order chi connectivity index (χ1) is 9.28. The maximum Gasteiger partial charge on any atom is 0.149 e. The van der Waals surface area contributed by atoms with Crippen LogP contribution in [0.25, 0.3) is 11.0 Å². The second-order valence-corrected chi connectivity index (χ2v) is 5.83. The third-order valence-electron chi connectivity index (χ3n) is 3.68. The van der Waals surface area contributed by atoms with E-state index in [9.17, 15) is 0 Å². The Bertz CT molecular complexity index is 590. The molecule has 4 nitrogen and oxygen atoms in total. The van der Waals surface area contributed by atoms with Crippen LogP contribution >= 0.6 is 15.9 Å². The lowest BCUT2D eigenvalue weighted by Gasteiger charge is -2.20. The first-order valence-electron chi connectivity index (χ1n) is 6.55. The van der Waals surface area contributed by atoms with Crippen molar-refractivity contribution >= 4 is 27.0 Å². The van der Waals surface area contributed by atoms with Gasteiger partial charge in [-0.3, -0.25) is 4.98 Å². The highest BCUT2D eigenvalue weighted by Crippen LogP contribution is 2.31. The molecule has 2 unspecified atom stereocenters. The minimum atomic E-state index is 0.209. The molecular weight excluding hydrogens is 306 g/mol. The van der Waals surface area contributed by atoms with Crippen molar-refractivity contribution in [3.05, 3.63) is 29.0 Å². The zero-order chi connectivity index (χ0) is 13.2. The van der Waals surface area contributed by atoms with Crippen LogP contribution in [0.4, 0.5) is 0 Å². The van der Waals surface area contributed by atoms with Gasteiger partial charge in [-0.15, -0.1) is 0 Å². The second-order valence-electron chi connectivity index (χ2n) is 4.91. The quantitative estimate of drug-likeness (QED) is 0.944. The van der Waals surface area contributed by atoms with Crippen molar-refractivity contribution in [2.75, 3.05) is 6.54 Å². The molecule has 5 heteroatoms. The maximum atomic E-state index is 6.13. The number of aromatic nitrogens is 2. The maximum absolute atomic E-state index is 6.13. The molecule has 2 aromatic rings. The summed E-state index contributed by atoms with van der Waals surface area (Å²) in [7, 11) is 0. The van der Waals surface area contributed by atoms with Crippen molar-refractivity contribution in [1.29, 1.82) is 0 Å². The van der Waals surface area contributed by atoms with E-state index in [0.29, 0.717) is 12.5 Å². The van der Waals surface area contributed by atoms with Gasteiger partial charge in [0.15, 0.2) is 0 Å². The van der Waals surface area contributed by atoms with Crippen molar-refractivity contribution in [2.45, 2.75) is 25.4 Å². The van der Waals surface area contributed by atoms with Crippen LogP contribution in [0.1, 0.15) is 19.3 Å². The highest BCUT2D eigenvalue weighted by molar-refractivity contribution is 9.10. The van der Waals surface area contributed by atoms with Gasteiger partial charge in [0, 0.05) is 28.9 Å². The number of nitrogens with zero attached hydrogens (tertiary/aromatic N) is 2. The molecule has 19 heavy (non-hydrogen) atoms. The van der Waals surface area contributed by atoms with E-state index in [1.165, 1.54) is 6.42 Å². The average molecular weight is 322 g/mol. The molecule has 0 aliphatic heterocycles. The average Bonchev–Trinajstić information content (AvgIpc) is 2.86. The van der Waals surface area contributed by atoms with E-state index in [0.717, 1.165) is 34.1 Å². The molecule has 3 rings (SSSR count). The van der Waals surface area contributed by atoms with Crippen molar-refractivity contribution in [3.8, 4) is 5.75 Å². The van der Waals surface area contributed by atoms with Crippen LogP contribution in [0, 0.1) is 5.92 Å². The van der Waals surface area contributed by atoms with Gasteiger partial charge in [0.05, 0.1) is 5.52 Å². The van der Waals surface area contributed by atoms with Crippen LogP contribution < -0.4 is 10.5 Å². The van der Waals surface area contributed by atoms with E-state index in [-0.39, 0.29) is 6.10 Å². The molecule has 2 atom stereocenters. The molecule has 0 radical (unpaired) electrons. The number of fused-ring (bicyclic) bond motifs is 1. The lowest BCUT2D eigenvalue weighted by molar-refractivity contribution is 0.164. The second kappa shape index (κ2) is 5.43. The molecule has 1 aliphatic carbocycles. The lowest BCUT2D eigenvalue weighted by Crippen LogP contribution is -2.27. The summed E-state index contributed by atoms with van der Waals surface area (Å²) in [4.78, 5) is 8.73. The molecule has 2 aromatic heterocycles. The van der Waals surface area contributed by atoms with E-state index in [1.54, 1.807) is 12.4 Å². The monoisotopic (exact) mass is 321 g/mol. The largest absolute Gasteiger partial charge is 0.488 e. The summed E-state index contributed by atoms with van der Waals surface area (Å²) < 4.78 is 7.06. The fourth-order valence-electron chi connectivity index (χ4n) is 2.67. The van der Waals surface area contributed by atoms with E-state index in [2.05, 4.69) is 25.9 Å². The standard InChI is InChI=1S/C14H16BrN3O/c15-10-6-11-14(18-8-10)13(4-5-17-11)19-12-3-1-2-9(12)7-16/h4-6,8-9,12H,1-3,7,16H2. The van der Waals surface area contributed by atoms with Gasteiger partial charge < -0.3 is 10.5 Å². The van der Waals surface area contributed by atoms with Crippen molar-refractivity contribution in [2.24, 2.45) is 11.7 Å². The van der Waals surface area contributed by atoms with E-state index in [4.69, 9.17) is 10.5 Å². The number of nitrogens with two attached hydrogens (primary N) is 1. The Morgan fingerprint density at radius 1 is 1.37 bits per heavy atom. The number of halogens is 1. The van der Waals surface area contributed by atoms with Crippen LogP contribution in [0.5, 0.6) is 5.75 Å². The van der Waals surface area contributed by atoms with Gasteiger partial charge in [-0.05, 0) is 47.8 Å². The molecule has 1 aliphatic rings. The van der Waals surface area contributed by atoms with Crippen LogP contribution in [0.15, 0.2) is 29.0 Å². The van der Waals surface area contributed by atoms with Gasteiger partial charge in [0.1, 0.15) is 17.4 Å². The first kappa shape index (κ1) is 12.8. The Kier molecular flexibility index (Phi) is 3.66. The third kappa shape index (κ3) is 2.58. The Hall–Kier alpha value is -1.20. The fourth-order valence-corrected chi connectivity index (χ4v) is 2.99. The fraction of sp³-hybridized carbons (Fsp3) is 0.429. The van der Waals surface area contributed by atoms with Crippen molar-refractivity contribution in [1.82, 2.24) is 9.97 Å². The molecule has 0 bridgehead atoms. The predicted molar refractivity (Wildman–Crippen MR) is 78.0 cm³/mol. The number of hydrogen-bond acceptors (Lipinski definition) is 4. The Labute approximate surface area is 120 Å². The number of rotatable bonds is 3. The normalized spacial score (nSPS) is 22.8. The molecule has 100 valence electrons. The number of pyridine rings is 2. The molecule has 1 saturated carbocycles. The predicted octanol–water partition coefficient (Wildman–Crippen LogP) is 2.90. The number of hydrogen-bond donors (Lipinski definition) is 1. The molecular formula is C14H16BrN3O. The molecule has 0 spiro atoms. The Morgan fingerprint density at radius 2 is 2.26 bits per heavy atom. The van der Waals surface area contributed by atoms with Gasteiger partial charge in [0.2, 0.25) is 0 Å².